The highest BCUT2D eigenvalue weighted by Crippen LogP contribution is 2.26. The van der Waals surface area contributed by atoms with E-state index in [1.807, 2.05) is 13.0 Å². The van der Waals surface area contributed by atoms with Crippen molar-refractivity contribution in [2.75, 3.05) is 11.4 Å². The van der Waals surface area contributed by atoms with Crippen LogP contribution >= 0.6 is 0 Å². The van der Waals surface area contributed by atoms with Crippen molar-refractivity contribution in [1.29, 1.82) is 0 Å². The van der Waals surface area contributed by atoms with Crippen LogP contribution in [-0.2, 0) is 21.4 Å². The Morgan fingerprint density at radius 3 is 2.83 bits per heavy atom. The van der Waals surface area contributed by atoms with Crippen LogP contribution in [0, 0.1) is 0 Å². The molecule has 98 valence electrons. The third kappa shape index (κ3) is 2.35. The highest BCUT2D eigenvalue weighted by atomic mass is 32.3. The zero-order chi connectivity index (χ0) is 13.3. The lowest BCUT2D eigenvalue weighted by Gasteiger charge is -2.17. The number of aryl methyl sites for hydroxylation is 1. The molecule has 1 aliphatic rings. The molecule has 0 spiro atoms. The Balaban J connectivity index is 2.33. The normalized spacial score (nSPS) is 20.4. The Morgan fingerprint density at radius 2 is 2.28 bits per heavy atom. The van der Waals surface area contributed by atoms with Crippen LogP contribution in [0.1, 0.15) is 18.9 Å². The molecule has 1 aromatic heterocycles. The van der Waals surface area contributed by atoms with Gasteiger partial charge in [-0.2, -0.15) is 8.42 Å². The van der Waals surface area contributed by atoms with Gasteiger partial charge in [0.05, 0.1) is 0 Å². The van der Waals surface area contributed by atoms with E-state index in [2.05, 4.69) is 4.98 Å². The lowest BCUT2D eigenvalue weighted by molar-refractivity contribution is -0.117. The van der Waals surface area contributed by atoms with Crippen LogP contribution in [0.3, 0.4) is 0 Å². The van der Waals surface area contributed by atoms with E-state index in [-0.39, 0.29) is 13.0 Å². The van der Waals surface area contributed by atoms with Crippen molar-refractivity contribution in [2.45, 2.75) is 25.0 Å². The molecule has 0 bridgehead atoms. The van der Waals surface area contributed by atoms with Gasteiger partial charge in [0, 0.05) is 19.2 Å². The summed E-state index contributed by atoms with van der Waals surface area (Å²) in [7, 11) is -4.69. The average molecular weight is 272 g/mol. The predicted octanol–water partition coefficient (Wildman–Crippen LogP) is 1.05. The van der Waals surface area contributed by atoms with Gasteiger partial charge in [-0.1, -0.05) is 13.0 Å². The second kappa shape index (κ2) is 4.64. The van der Waals surface area contributed by atoms with Crippen LogP contribution in [0.15, 0.2) is 18.3 Å². The molecule has 1 aliphatic heterocycles. The van der Waals surface area contributed by atoms with Crippen molar-refractivity contribution in [1.82, 2.24) is 4.98 Å². The van der Waals surface area contributed by atoms with Gasteiger partial charge in [0.2, 0.25) is 5.91 Å². The summed E-state index contributed by atoms with van der Waals surface area (Å²) in [5, 5.41) is -1.28. The first-order valence-corrected chi connectivity index (χ1v) is 7.06. The second-order valence-electron chi connectivity index (χ2n) is 4.15. The molecule has 1 saturated heterocycles. The molecule has 0 radical (unpaired) electrons. The van der Waals surface area contributed by atoms with Crippen molar-refractivity contribution < 1.29 is 17.1 Å². The van der Waals surface area contributed by atoms with E-state index in [4.69, 9.17) is 0 Å². The smallest absolute Gasteiger partial charge is 0.295 e. The molecule has 1 fully saturated rings. The number of aromatic nitrogens is 1. The number of amides is 1. The Labute approximate surface area is 105 Å². The van der Waals surface area contributed by atoms with Crippen LogP contribution in [0.4, 0.5) is 9.70 Å². The van der Waals surface area contributed by atoms with Gasteiger partial charge in [-0.15, -0.1) is 3.89 Å². The highest BCUT2D eigenvalue weighted by molar-refractivity contribution is 7.87. The summed E-state index contributed by atoms with van der Waals surface area (Å²) in [6.07, 6.45) is 1.87. The third-order valence-corrected chi connectivity index (χ3v) is 4.10. The van der Waals surface area contributed by atoms with E-state index in [9.17, 15) is 17.1 Å². The number of hydrogen-bond donors (Lipinski definition) is 0. The maximum atomic E-state index is 12.9. The number of pyridine rings is 1. The van der Waals surface area contributed by atoms with E-state index in [1.165, 1.54) is 11.1 Å². The molecule has 0 saturated carbocycles. The van der Waals surface area contributed by atoms with Gasteiger partial charge >= 0.3 is 10.2 Å². The van der Waals surface area contributed by atoms with Crippen molar-refractivity contribution in [3.8, 4) is 0 Å². The summed E-state index contributed by atoms with van der Waals surface area (Å²) in [5.41, 5.74) is 0.836. The largest absolute Gasteiger partial charge is 0.307 e. The number of rotatable bonds is 3. The van der Waals surface area contributed by atoms with Gasteiger partial charge in [0.15, 0.2) is 0 Å². The molecule has 0 aliphatic carbocycles. The van der Waals surface area contributed by atoms with Gasteiger partial charge in [-0.25, -0.2) is 4.98 Å². The van der Waals surface area contributed by atoms with E-state index in [1.54, 1.807) is 6.07 Å². The zero-order valence-corrected chi connectivity index (χ0v) is 10.7. The number of hydrogen-bond acceptors (Lipinski definition) is 4. The van der Waals surface area contributed by atoms with Crippen LogP contribution in [0.5, 0.6) is 0 Å². The molecule has 2 heterocycles. The minimum absolute atomic E-state index is 0.165. The molecule has 0 N–H and O–H groups in total. The minimum atomic E-state index is -4.69. The third-order valence-electron chi connectivity index (χ3n) is 2.99. The van der Waals surface area contributed by atoms with E-state index < -0.39 is 21.4 Å². The molecule has 1 amide bonds. The maximum Gasteiger partial charge on any atom is 0.307 e. The van der Waals surface area contributed by atoms with Crippen molar-refractivity contribution in [3.63, 3.8) is 0 Å². The van der Waals surface area contributed by atoms with Crippen molar-refractivity contribution >= 4 is 21.9 Å². The van der Waals surface area contributed by atoms with Gasteiger partial charge in [0.25, 0.3) is 0 Å². The SMILES string of the molecule is CCc1cccnc1N1CC(S(=O)(=O)F)CC1=O. The number of nitrogens with zero attached hydrogens (tertiary/aromatic N) is 2. The number of carbonyl (C=O) groups is 1. The van der Waals surface area contributed by atoms with Gasteiger partial charge in [0.1, 0.15) is 11.1 Å². The Bertz CT molecular complexity index is 573. The van der Waals surface area contributed by atoms with Crippen LogP contribution < -0.4 is 4.90 Å². The fourth-order valence-corrected chi connectivity index (χ4v) is 2.69. The first-order valence-electron chi connectivity index (χ1n) is 5.61. The molecule has 0 aromatic carbocycles. The molecule has 18 heavy (non-hydrogen) atoms. The quantitative estimate of drug-likeness (QED) is 0.771. The van der Waals surface area contributed by atoms with Gasteiger partial charge in [-0.3, -0.25) is 9.69 Å². The first-order chi connectivity index (χ1) is 8.43. The summed E-state index contributed by atoms with van der Waals surface area (Å²) in [5.74, 6) is 0.0192. The van der Waals surface area contributed by atoms with Crippen LogP contribution in [0.2, 0.25) is 0 Å². The highest BCUT2D eigenvalue weighted by Gasteiger charge is 2.40. The Morgan fingerprint density at radius 1 is 1.56 bits per heavy atom. The fourth-order valence-electron chi connectivity index (χ4n) is 2.02. The second-order valence-corrected chi connectivity index (χ2v) is 5.76. The molecule has 2 rings (SSSR count). The fraction of sp³-hybridized carbons (Fsp3) is 0.455. The standard InChI is InChI=1S/C11H13FN2O3S/c1-2-8-4-3-5-13-11(8)14-7-9(6-10(14)15)18(12,16)17/h3-5,9H,2,6-7H2,1H3. The average Bonchev–Trinajstić information content (AvgIpc) is 2.71. The van der Waals surface area contributed by atoms with E-state index in [0.29, 0.717) is 12.2 Å². The number of anilines is 1. The van der Waals surface area contributed by atoms with Crippen molar-refractivity contribution in [2.24, 2.45) is 0 Å². The predicted molar refractivity (Wildman–Crippen MR) is 64.4 cm³/mol. The van der Waals surface area contributed by atoms with E-state index in [0.717, 1.165) is 5.56 Å². The molecule has 5 nitrogen and oxygen atoms in total. The molecular weight excluding hydrogens is 259 g/mol. The molecule has 7 heteroatoms. The Kier molecular flexibility index (Phi) is 3.34. The lowest BCUT2D eigenvalue weighted by Crippen LogP contribution is -2.28. The topological polar surface area (TPSA) is 67.3 Å². The summed E-state index contributed by atoms with van der Waals surface area (Å²) in [6.45, 7) is 1.74. The summed E-state index contributed by atoms with van der Waals surface area (Å²) in [4.78, 5) is 17.1. The minimum Gasteiger partial charge on any atom is -0.295 e. The monoisotopic (exact) mass is 272 g/mol. The summed E-state index contributed by atoms with van der Waals surface area (Å²) < 4.78 is 34.6. The van der Waals surface area contributed by atoms with Crippen LogP contribution in [0.25, 0.3) is 0 Å². The van der Waals surface area contributed by atoms with Crippen molar-refractivity contribution in [3.05, 3.63) is 23.9 Å². The molecular formula is C11H13FN2O3S. The van der Waals surface area contributed by atoms with Gasteiger partial charge in [-0.05, 0) is 18.1 Å². The van der Waals surface area contributed by atoms with E-state index >= 15 is 0 Å². The first kappa shape index (κ1) is 12.9. The molecule has 1 unspecified atom stereocenters. The zero-order valence-electron chi connectivity index (χ0n) is 9.84. The summed E-state index contributed by atoms with van der Waals surface area (Å²) >= 11 is 0. The number of halogens is 1. The molecule has 1 atom stereocenters. The lowest BCUT2D eigenvalue weighted by atomic mass is 10.2. The molecule has 1 aromatic rings. The maximum absolute atomic E-state index is 12.9. The Hall–Kier alpha value is -1.50. The van der Waals surface area contributed by atoms with Gasteiger partial charge < -0.3 is 0 Å². The summed E-state index contributed by atoms with van der Waals surface area (Å²) in [6, 6.07) is 3.55. The van der Waals surface area contributed by atoms with Crippen LogP contribution in [-0.4, -0.2) is 31.1 Å². The number of carbonyl (C=O) groups excluding carboxylic acids is 1.